The van der Waals surface area contributed by atoms with Gasteiger partial charge in [0, 0.05) is 29.3 Å². The van der Waals surface area contributed by atoms with E-state index in [1.54, 1.807) is 4.90 Å². The first-order chi connectivity index (χ1) is 14.5. The summed E-state index contributed by atoms with van der Waals surface area (Å²) in [6, 6.07) is 7.97. The number of aromatic nitrogens is 4. The molecule has 10 heteroatoms. The molecule has 30 heavy (non-hydrogen) atoms. The largest absolute Gasteiger partial charge is 0.370 e. The molecular weight excluding hydrogens is 404 g/mol. The SMILES string of the molecule is CC(C)NC(=O)c1sc2ccccc2c1C1CN(C(=O)CCn2cnnn2)CCO1. The average molecular weight is 429 g/mol. The minimum atomic E-state index is -0.347. The summed E-state index contributed by atoms with van der Waals surface area (Å²) in [5.41, 5.74) is 0.867. The van der Waals surface area contributed by atoms with Crippen molar-refractivity contribution in [2.75, 3.05) is 19.7 Å². The summed E-state index contributed by atoms with van der Waals surface area (Å²) >= 11 is 1.46. The number of carbonyl (C=O) groups is 2. The summed E-state index contributed by atoms with van der Waals surface area (Å²) in [6.07, 6.45) is 1.45. The maximum atomic E-state index is 12.9. The van der Waals surface area contributed by atoms with Gasteiger partial charge in [-0.2, -0.15) is 0 Å². The zero-order valence-electron chi connectivity index (χ0n) is 16.9. The zero-order valence-corrected chi connectivity index (χ0v) is 17.8. The minimum Gasteiger partial charge on any atom is -0.370 e. The summed E-state index contributed by atoms with van der Waals surface area (Å²) < 4.78 is 8.62. The highest BCUT2D eigenvalue weighted by atomic mass is 32.1. The molecule has 1 aromatic carbocycles. The lowest BCUT2D eigenvalue weighted by molar-refractivity contribution is -0.139. The van der Waals surface area contributed by atoms with E-state index in [0.717, 1.165) is 15.6 Å². The Morgan fingerprint density at radius 3 is 2.93 bits per heavy atom. The van der Waals surface area contributed by atoms with Gasteiger partial charge in [0.15, 0.2) is 0 Å². The van der Waals surface area contributed by atoms with Crippen LogP contribution in [-0.4, -0.2) is 62.7 Å². The van der Waals surface area contributed by atoms with Crippen molar-refractivity contribution in [3.05, 3.63) is 41.0 Å². The fourth-order valence-electron chi connectivity index (χ4n) is 3.58. The third-order valence-electron chi connectivity index (χ3n) is 4.95. The number of ether oxygens (including phenoxy) is 1. The van der Waals surface area contributed by atoms with Gasteiger partial charge in [0.25, 0.3) is 5.91 Å². The number of fused-ring (bicyclic) bond motifs is 1. The Labute approximate surface area is 178 Å². The van der Waals surface area contributed by atoms with Gasteiger partial charge < -0.3 is 15.0 Å². The van der Waals surface area contributed by atoms with Crippen LogP contribution in [0, 0.1) is 0 Å². The Kier molecular flexibility index (Phi) is 6.05. The average Bonchev–Trinajstić information content (AvgIpc) is 3.39. The van der Waals surface area contributed by atoms with Gasteiger partial charge in [-0.3, -0.25) is 9.59 Å². The van der Waals surface area contributed by atoms with Crippen LogP contribution >= 0.6 is 11.3 Å². The molecule has 158 valence electrons. The molecule has 3 heterocycles. The lowest BCUT2D eigenvalue weighted by Crippen LogP contribution is -2.43. The van der Waals surface area contributed by atoms with Crippen molar-refractivity contribution < 1.29 is 14.3 Å². The van der Waals surface area contributed by atoms with Crippen LogP contribution in [0.15, 0.2) is 30.6 Å². The molecule has 2 aromatic heterocycles. The highest BCUT2D eigenvalue weighted by Gasteiger charge is 2.31. The number of benzene rings is 1. The lowest BCUT2D eigenvalue weighted by atomic mass is 10.0. The smallest absolute Gasteiger partial charge is 0.261 e. The first-order valence-electron chi connectivity index (χ1n) is 9.95. The standard InChI is InChI=1S/C20H24N6O3S/c1-13(2)22-20(28)19-18(14-5-3-4-6-16(14)30-19)15-11-25(9-10-29-15)17(27)7-8-26-12-21-23-24-26/h3-6,12-13,15H,7-11H2,1-2H3,(H,22,28). The molecule has 1 atom stereocenters. The van der Waals surface area contributed by atoms with Gasteiger partial charge in [-0.05, 0) is 35.7 Å². The van der Waals surface area contributed by atoms with Crippen LogP contribution < -0.4 is 5.32 Å². The molecular formula is C20H24N6O3S. The fraction of sp³-hybridized carbons (Fsp3) is 0.450. The molecule has 1 saturated heterocycles. The summed E-state index contributed by atoms with van der Waals surface area (Å²) in [6.45, 7) is 5.67. The summed E-state index contributed by atoms with van der Waals surface area (Å²) in [7, 11) is 0. The Bertz CT molecular complexity index is 1030. The second kappa shape index (κ2) is 8.88. The topological polar surface area (TPSA) is 102 Å². The number of nitrogens with zero attached hydrogens (tertiary/aromatic N) is 5. The van der Waals surface area contributed by atoms with E-state index in [4.69, 9.17) is 4.74 Å². The summed E-state index contributed by atoms with van der Waals surface area (Å²) in [4.78, 5) is 28.1. The van der Waals surface area contributed by atoms with Crippen molar-refractivity contribution in [3.8, 4) is 0 Å². The van der Waals surface area contributed by atoms with Crippen LogP contribution in [0.4, 0.5) is 0 Å². The van der Waals surface area contributed by atoms with Gasteiger partial charge in [0.1, 0.15) is 12.4 Å². The molecule has 1 fully saturated rings. The number of amides is 2. The van der Waals surface area contributed by atoms with Crippen molar-refractivity contribution in [2.45, 2.75) is 39.0 Å². The first-order valence-corrected chi connectivity index (χ1v) is 10.8. The van der Waals surface area contributed by atoms with Crippen LogP contribution in [0.25, 0.3) is 10.1 Å². The molecule has 1 aliphatic heterocycles. The molecule has 4 rings (SSSR count). The number of morpholine rings is 1. The number of thiophene rings is 1. The number of carbonyl (C=O) groups excluding carboxylic acids is 2. The van der Waals surface area contributed by atoms with Gasteiger partial charge in [-0.25, -0.2) is 4.68 Å². The van der Waals surface area contributed by atoms with Crippen molar-refractivity contribution in [1.82, 2.24) is 30.4 Å². The quantitative estimate of drug-likeness (QED) is 0.644. The van der Waals surface area contributed by atoms with Crippen LogP contribution in [0.2, 0.25) is 0 Å². The molecule has 1 aliphatic rings. The molecule has 1 N–H and O–H groups in total. The fourth-order valence-corrected chi connectivity index (χ4v) is 4.74. The Hall–Kier alpha value is -2.85. The van der Waals surface area contributed by atoms with Gasteiger partial charge in [0.2, 0.25) is 5.91 Å². The predicted molar refractivity (Wildman–Crippen MR) is 112 cm³/mol. The van der Waals surface area contributed by atoms with E-state index < -0.39 is 0 Å². The monoisotopic (exact) mass is 428 g/mol. The molecule has 0 bridgehead atoms. The van der Waals surface area contributed by atoms with Crippen LogP contribution in [-0.2, 0) is 16.1 Å². The van der Waals surface area contributed by atoms with E-state index in [1.165, 1.54) is 22.3 Å². The van der Waals surface area contributed by atoms with Gasteiger partial charge in [0.05, 0.1) is 24.6 Å². The van der Waals surface area contributed by atoms with Crippen LogP contribution in [0.5, 0.6) is 0 Å². The molecule has 0 aliphatic carbocycles. The molecule has 0 radical (unpaired) electrons. The van der Waals surface area contributed by atoms with E-state index >= 15 is 0 Å². The molecule has 1 unspecified atom stereocenters. The van der Waals surface area contributed by atoms with Crippen LogP contribution in [0.1, 0.15) is 41.6 Å². The van der Waals surface area contributed by atoms with E-state index in [-0.39, 0.29) is 24.0 Å². The van der Waals surface area contributed by atoms with Crippen molar-refractivity contribution >= 4 is 33.2 Å². The number of rotatable bonds is 6. The third-order valence-corrected chi connectivity index (χ3v) is 6.13. The molecule has 9 nitrogen and oxygen atoms in total. The van der Waals surface area contributed by atoms with Gasteiger partial charge >= 0.3 is 0 Å². The lowest BCUT2D eigenvalue weighted by Gasteiger charge is -2.33. The highest BCUT2D eigenvalue weighted by Crippen LogP contribution is 2.38. The second-order valence-corrected chi connectivity index (χ2v) is 8.54. The molecule has 2 amide bonds. The number of hydrogen-bond donors (Lipinski definition) is 1. The Balaban J connectivity index is 1.56. The zero-order chi connectivity index (χ0) is 21.1. The molecule has 3 aromatic rings. The predicted octanol–water partition coefficient (Wildman–Crippen LogP) is 2.02. The van der Waals surface area contributed by atoms with E-state index in [1.807, 2.05) is 38.1 Å². The van der Waals surface area contributed by atoms with Crippen molar-refractivity contribution in [2.24, 2.45) is 0 Å². The van der Waals surface area contributed by atoms with Crippen LogP contribution in [0.3, 0.4) is 0 Å². The van der Waals surface area contributed by atoms with E-state index in [2.05, 4.69) is 20.8 Å². The molecule has 0 spiro atoms. The van der Waals surface area contributed by atoms with Gasteiger partial charge in [-0.1, -0.05) is 18.2 Å². The van der Waals surface area contributed by atoms with Gasteiger partial charge in [-0.15, -0.1) is 16.4 Å². The third kappa shape index (κ3) is 4.34. The normalized spacial score (nSPS) is 16.9. The summed E-state index contributed by atoms with van der Waals surface area (Å²) in [5.74, 6) is -0.0848. The minimum absolute atomic E-state index is 0.0199. The Morgan fingerprint density at radius 2 is 2.17 bits per heavy atom. The maximum Gasteiger partial charge on any atom is 0.261 e. The number of tetrazole rings is 1. The van der Waals surface area contributed by atoms with E-state index in [9.17, 15) is 9.59 Å². The number of nitrogens with one attached hydrogen (secondary N) is 1. The molecule has 0 saturated carbocycles. The second-order valence-electron chi connectivity index (χ2n) is 7.49. The number of hydrogen-bond acceptors (Lipinski definition) is 7. The first kappa shape index (κ1) is 20.4. The highest BCUT2D eigenvalue weighted by molar-refractivity contribution is 7.21. The van der Waals surface area contributed by atoms with Crippen molar-refractivity contribution in [3.63, 3.8) is 0 Å². The van der Waals surface area contributed by atoms with E-state index in [0.29, 0.717) is 37.5 Å². The summed E-state index contributed by atoms with van der Waals surface area (Å²) in [5, 5.41) is 15.0. The Morgan fingerprint density at radius 1 is 1.33 bits per heavy atom. The number of aryl methyl sites for hydroxylation is 1. The maximum absolute atomic E-state index is 12.9. The van der Waals surface area contributed by atoms with Crippen molar-refractivity contribution in [1.29, 1.82) is 0 Å².